The molecule has 0 amide bonds. The maximum atomic E-state index is 11.9. The lowest BCUT2D eigenvalue weighted by Gasteiger charge is -2.24. The van der Waals surface area contributed by atoms with Crippen molar-refractivity contribution < 1.29 is 9.53 Å². The Kier molecular flexibility index (Phi) is 4.15. The van der Waals surface area contributed by atoms with Gasteiger partial charge in [-0.1, -0.05) is 60.7 Å². The average molecular weight is 278 g/mol. The van der Waals surface area contributed by atoms with E-state index in [1.165, 1.54) is 5.56 Å². The fourth-order valence-corrected chi connectivity index (χ4v) is 2.57. The van der Waals surface area contributed by atoms with Crippen LogP contribution in [-0.2, 0) is 16.0 Å². The second-order valence-corrected chi connectivity index (χ2v) is 5.31. The van der Waals surface area contributed by atoms with Crippen LogP contribution in [0, 0.1) is 0 Å². The molecule has 2 aromatic rings. The molecule has 0 fully saturated rings. The Morgan fingerprint density at radius 3 is 2.33 bits per heavy atom. The van der Waals surface area contributed by atoms with E-state index >= 15 is 0 Å². The van der Waals surface area contributed by atoms with Crippen LogP contribution in [0.1, 0.15) is 24.0 Å². The van der Waals surface area contributed by atoms with Crippen LogP contribution >= 0.6 is 0 Å². The van der Waals surface area contributed by atoms with E-state index in [2.05, 4.69) is 12.1 Å². The molecule has 1 heterocycles. The Balaban J connectivity index is 1.66. The average Bonchev–Trinajstić information content (AvgIpc) is 2.54. The first-order valence-electron chi connectivity index (χ1n) is 7.32. The Morgan fingerprint density at radius 2 is 1.62 bits per heavy atom. The van der Waals surface area contributed by atoms with E-state index in [1.807, 2.05) is 48.5 Å². The second kappa shape index (κ2) is 6.40. The van der Waals surface area contributed by atoms with Gasteiger partial charge in [-0.05, 0) is 18.4 Å². The van der Waals surface area contributed by atoms with Gasteiger partial charge in [0.1, 0.15) is 11.9 Å². The molecule has 1 atom stereocenters. The van der Waals surface area contributed by atoms with Gasteiger partial charge in [0.15, 0.2) is 5.78 Å². The number of hydrogen-bond donors (Lipinski definition) is 0. The number of ether oxygens (including phenoxy) is 1. The molecule has 0 bridgehead atoms. The highest BCUT2D eigenvalue weighted by Crippen LogP contribution is 2.26. The van der Waals surface area contributed by atoms with Gasteiger partial charge < -0.3 is 4.74 Å². The third-order valence-electron chi connectivity index (χ3n) is 3.67. The predicted molar refractivity (Wildman–Crippen MR) is 83.7 cm³/mol. The van der Waals surface area contributed by atoms with Crippen LogP contribution in [0.4, 0.5) is 0 Å². The highest BCUT2D eigenvalue weighted by atomic mass is 16.5. The summed E-state index contributed by atoms with van der Waals surface area (Å²) in [6.07, 6.45) is 3.86. The van der Waals surface area contributed by atoms with E-state index in [-0.39, 0.29) is 11.9 Å². The van der Waals surface area contributed by atoms with Crippen LogP contribution < -0.4 is 0 Å². The molecule has 3 rings (SSSR count). The summed E-state index contributed by atoms with van der Waals surface area (Å²) in [6, 6.07) is 20.1. The molecule has 0 spiro atoms. The van der Waals surface area contributed by atoms with Gasteiger partial charge in [0.2, 0.25) is 0 Å². The third-order valence-corrected chi connectivity index (χ3v) is 3.67. The molecule has 0 unspecified atom stereocenters. The van der Waals surface area contributed by atoms with Gasteiger partial charge in [-0.15, -0.1) is 0 Å². The number of aryl methyl sites for hydroxylation is 1. The van der Waals surface area contributed by atoms with Crippen molar-refractivity contribution in [3.05, 3.63) is 77.9 Å². The van der Waals surface area contributed by atoms with Crippen molar-refractivity contribution in [3.63, 3.8) is 0 Å². The van der Waals surface area contributed by atoms with Crippen molar-refractivity contribution in [1.82, 2.24) is 0 Å². The van der Waals surface area contributed by atoms with E-state index in [1.54, 1.807) is 6.08 Å². The van der Waals surface area contributed by atoms with Gasteiger partial charge in [-0.25, -0.2) is 0 Å². The maximum Gasteiger partial charge on any atom is 0.163 e. The zero-order chi connectivity index (χ0) is 14.5. The fourth-order valence-electron chi connectivity index (χ4n) is 2.57. The van der Waals surface area contributed by atoms with Gasteiger partial charge in [-0.3, -0.25) is 4.79 Å². The van der Waals surface area contributed by atoms with Crippen LogP contribution in [0.3, 0.4) is 0 Å². The molecule has 1 aliphatic heterocycles. The number of allylic oxidation sites excluding steroid dienone is 1. The maximum absolute atomic E-state index is 11.9. The molecule has 106 valence electrons. The van der Waals surface area contributed by atoms with Gasteiger partial charge in [0.05, 0.1) is 0 Å². The van der Waals surface area contributed by atoms with Gasteiger partial charge in [-0.2, -0.15) is 0 Å². The minimum Gasteiger partial charge on any atom is -0.489 e. The molecule has 0 saturated carbocycles. The lowest BCUT2D eigenvalue weighted by Crippen LogP contribution is -2.22. The van der Waals surface area contributed by atoms with Crippen LogP contribution in [0.15, 0.2) is 66.7 Å². The van der Waals surface area contributed by atoms with Gasteiger partial charge >= 0.3 is 0 Å². The van der Waals surface area contributed by atoms with Crippen molar-refractivity contribution in [2.45, 2.75) is 25.4 Å². The van der Waals surface area contributed by atoms with E-state index in [0.717, 1.165) is 18.4 Å². The molecule has 0 aromatic heterocycles. The van der Waals surface area contributed by atoms with Crippen molar-refractivity contribution in [3.8, 4) is 0 Å². The normalized spacial score (nSPS) is 18.0. The molecule has 0 aliphatic carbocycles. The van der Waals surface area contributed by atoms with Gasteiger partial charge in [0.25, 0.3) is 0 Å². The SMILES string of the molecule is O=C1C=C(c2ccccc2)O[C@H](CCc2ccccc2)C1. The number of rotatable bonds is 4. The quantitative estimate of drug-likeness (QED) is 0.844. The number of hydrogen-bond acceptors (Lipinski definition) is 2. The minimum absolute atomic E-state index is 0.0297. The Hall–Kier alpha value is -2.35. The van der Waals surface area contributed by atoms with Crippen molar-refractivity contribution in [2.24, 2.45) is 0 Å². The number of carbonyl (C=O) groups excluding carboxylic acids is 1. The number of ketones is 1. The summed E-state index contributed by atoms with van der Waals surface area (Å²) in [5.74, 6) is 0.850. The standard InChI is InChI=1S/C19H18O2/c20-17-13-18(12-11-15-7-3-1-4-8-15)21-19(14-17)16-9-5-2-6-10-16/h1-10,14,18H,11-13H2/t18-/m1/s1. The monoisotopic (exact) mass is 278 g/mol. The molecule has 1 aliphatic rings. The largest absolute Gasteiger partial charge is 0.489 e. The van der Waals surface area contributed by atoms with Crippen LogP contribution in [0.2, 0.25) is 0 Å². The fraction of sp³-hybridized carbons (Fsp3) is 0.211. The van der Waals surface area contributed by atoms with Crippen molar-refractivity contribution in [2.75, 3.05) is 0 Å². The first-order valence-corrected chi connectivity index (χ1v) is 7.32. The summed E-state index contributed by atoms with van der Waals surface area (Å²) in [5, 5.41) is 0. The summed E-state index contributed by atoms with van der Waals surface area (Å²) in [4.78, 5) is 11.9. The highest BCUT2D eigenvalue weighted by molar-refractivity contribution is 5.97. The van der Waals surface area contributed by atoms with Crippen molar-refractivity contribution in [1.29, 1.82) is 0 Å². The molecule has 21 heavy (non-hydrogen) atoms. The predicted octanol–water partition coefficient (Wildman–Crippen LogP) is 4.02. The molecular weight excluding hydrogens is 260 g/mol. The smallest absolute Gasteiger partial charge is 0.163 e. The first-order chi connectivity index (χ1) is 10.3. The molecule has 2 nitrogen and oxygen atoms in total. The summed E-state index contributed by atoms with van der Waals surface area (Å²) < 4.78 is 6.00. The van der Waals surface area contributed by atoms with E-state index < -0.39 is 0 Å². The first kappa shape index (κ1) is 13.6. The Labute approximate surface area is 125 Å². The lowest BCUT2D eigenvalue weighted by molar-refractivity contribution is -0.117. The molecule has 0 saturated heterocycles. The van der Waals surface area contributed by atoms with Crippen molar-refractivity contribution >= 4 is 11.5 Å². The summed E-state index contributed by atoms with van der Waals surface area (Å²) in [7, 11) is 0. The molecule has 0 N–H and O–H groups in total. The zero-order valence-electron chi connectivity index (χ0n) is 11.9. The van der Waals surface area contributed by atoms with E-state index in [4.69, 9.17) is 4.74 Å². The summed E-state index contributed by atoms with van der Waals surface area (Å²) >= 11 is 0. The van der Waals surface area contributed by atoms with Crippen LogP contribution in [0.5, 0.6) is 0 Å². The number of benzene rings is 2. The topological polar surface area (TPSA) is 26.3 Å². The molecule has 2 heteroatoms. The van der Waals surface area contributed by atoms with Crippen LogP contribution in [-0.4, -0.2) is 11.9 Å². The zero-order valence-corrected chi connectivity index (χ0v) is 11.9. The third kappa shape index (κ3) is 3.60. The lowest BCUT2D eigenvalue weighted by atomic mass is 10.00. The highest BCUT2D eigenvalue weighted by Gasteiger charge is 2.22. The summed E-state index contributed by atoms with van der Waals surface area (Å²) in [6.45, 7) is 0. The minimum atomic E-state index is -0.0297. The Morgan fingerprint density at radius 1 is 0.952 bits per heavy atom. The molecular formula is C19H18O2. The summed E-state index contributed by atoms with van der Waals surface area (Å²) in [5.41, 5.74) is 2.25. The molecule has 0 radical (unpaired) electrons. The van der Waals surface area contributed by atoms with E-state index in [0.29, 0.717) is 12.2 Å². The number of carbonyl (C=O) groups is 1. The van der Waals surface area contributed by atoms with Crippen LogP contribution in [0.25, 0.3) is 5.76 Å². The second-order valence-electron chi connectivity index (χ2n) is 5.31. The Bertz CT molecular complexity index is 629. The van der Waals surface area contributed by atoms with E-state index in [9.17, 15) is 4.79 Å². The van der Waals surface area contributed by atoms with Gasteiger partial charge in [0, 0.05) is 18.1 Å². The molecule has 2 aromatic carbocycles.